The predicted octanol–water partition coefficient (Wildman–Crippen LogP) is 5.28. The molecule has 0 heterocycles. The third kappa shape index (κ3) is 3.02. The molecule has 2 heteroatoms. The molecule has 0 aliphatic rings. The summed E-state index contributed by atoms with van der Waals surface area (Å²) in [4.78, 5) is 12.0. The molecule has 3 aromatic rings. The van der Waals surface area contributed by atoms with E-state index in [-0.39, 0.29) is 0 Å². The number of benzene rings is 3. The van der Waals surface area contributed by atoms with Crippen molar-refractivity contribution in [3.8, 4) is 22.3 Å². The summed E-state index contributed by atoms with van der Waals surface area (Å²) in [5.41, 5.74) is 4.90. The zero-order chi connectivity index (χ0) is 16.2. The first-order chi connectivity index (χ1) is 11.2. The second kappa shape index (κ2) is 6.49. The van der Waals surface area contributed by atoms with Gasteiger partial charge in [0.25, 0.3) is 0 Å². The molecule has 0 fully saturated rings. The number of hydrogen-bond acceptors (Lipinski definition) is 1. The van der Waals surface area contributed by atoms with Crippen molar-refractivity contribution in [1.29, 1.82) is 0 Å². The summed E-state index contributed by atoms with van der Waals surface area (Å²) >= 11 is 0. The first-order valence-corrected chi connectivity index (χ1v) is 7.71. The summed E-state index contributed by atoms with van der Waals surface area (Å²) in [7, 11) is 0. The minimum absolute atomic E-state index is 0.361. The Kier molecular flexibility index (Phi) is 4.24. The zero-order valence-electron chi connectivity index (χ0n) is 13.0. The van der Waals surface area contributed by atoms with Crippen LogP contribution in [0.25, 0.3) is 22.3 Å². The normalized spacial score (nSPS) is 10.5. The second-order valence-electron chi connectivity index (χ2n) is 5.46. The smallest absolute Gasteiger partial charge is 0.336 e. The van der Waals surface area contributed by atoms with E-state index in [1.807, 2.05) is 72.8 Å². The third-order valence-electron chi connectivity index (χ3n) is 3.99. The number of hydrogen-bond donors (Lipinski definition) is 1. The first kappa shape index (κ1) is 15.0. The molecule has 3 aromatic carbocycles. The SMILES string of the molecule is CCc1cc(-c2ccccc2)c(C(=O)O)c(-c2ccccc2)c1. The van der Waals surface area contributed by atoms with E-state index in [1.54, 1.807) is 0 Å². The highest BCUT2D eigenvalue weighted by Crippen LogP contribution is 2.34. The minimum atomic E-state index is -0.898. The predicted molar refractivity (Wildman–Crippen MR) is 93.7 cm³/mol. The van der Waals surface area contributed by atoms with Crippen molar-refractivity contribution in [1.82, 2.24) is 0 Å². The van der Waals surface area contributed by atoms with Crippen molar-refractivity contribution < 1.29 is 9.90 Å². The quantitative estimate of drug-likeness (QED) is 0.711. The van der Waals surface area contributed by atoms with Gasteiger partial charge in [-0.25, -0.2) is 4.79 Å². The van der Waals surface area contributed by atoms with Gasteiger partial charge in [0.05, 0.1) is 5.56 Å². The number of carbonyl (C=O) groups is 1. The Bertz CT molecular complexity index is 760. The number of aromatic carboxylic acids is 1. The van der Waals surface area contributed by atoms with Crippen molar-refractivity contribution in [3.05, 3.63) is 83.9 Å². The fourth-order valence-corrected chi connectivity index (χ4v) is 2.83. The van der Waals surface area contributed by atoms with E-state index >= 15 is 0 Å². The van der Waals surface area contributed by atoms with Crippen molar-refractivity contribution in [2.75, 3.05) is 0 Å². The molecule has 1 N–H and O–H groups in total. The lowest BCUT2D eigenvalue weighted by molar-refractivity contribution is 0.0698. The van der Waals surface area contributed by atoms with Gasteiger partial charge in [0.15, 0.2) is 0 Å². The van der Waals surface area contributed by atoms with Gasteiger partial charge < -0.3 is 5.11 Å². The van der Waals surface area contributed by atoms with Crippen LogP contribution in [0, 0.1) is 0 Å². The molecular weight excluding hydrogens is 284 g/mol. The lowest BCUT2D eigenvalue weighted by atomic mass is 9.89. The van der Waals surface area contributed by atoms with Crippen LogP contribution in [-0.2, 0) is 6.42 Å². The van der Waals surface area contributed by atoms with Crippen molar-refractivity contribution in [3.63, 3.8) is 0 Å². The number of aryl methyl sites for hydroxylation is 1. The average molecular weight is 302 g/mol. The molecule has 0 saturated carbocycles. The van der Waals surface area contributed by atoms with Gasteiger partial charge in [0.1, 0.15) is 0 Å². The summed E-state index contributed by atoms with van der Waals surface area (Å²) in [5.74, 6) is -0.898. The Morgan fingerprint density at radius 1 is 0.826 bits per heavy atom. The van der Waals surface area contributed by atoms with E-state index in [0.717, 1.165) is 34.2 Å². The lowest BCUT2D eigenvalue weighted by Crippen LogP contribution is -2.04. The fraction of sp³-hybridized carbons (Fsp3) is 0.0952. The van der Waals surface area contributed by atoms with Crippen LogP contribution in [0.4, 0.5) is 0 Å². The molecule has 0 radical (unpaired) electrons. The van der Waals surface area contributed by atoms with Gasteiger partial charge >= 0.3 is 5.97 Å². The van der Waals surface area contributed by atoms with E-state index in [2.05, 4.69) is 6.92 Å². The van der Waals surface area contributed by atoms with E-state index < -0.39 is 5.97 Å². The fourth-order valence-electron chi connectivity index (χ4n) is 2.83. The van der Waals surface area contributed by atoms with Gasteiger partial charge in [-0.05, 0) is 34.2 Å². The maximum Gasteiger partial charge on any atom is 0.336 e. The molecule has 0 bridgehead atoms. The summed E-state index contributed by atoms with van der Waals surface area (Å²) in [6.45, 7) is 2.08. The van der Waals surface area contributed by atoms with Crippen LogP contribution in [0.2, 0.25) is 0 Å². The molecule has 0 aliphatic carbocycles. The standard InChI is InChI=1S/C21H18O2/c1-2-15-13-18(16-9-5-3-6-10-16)20(21(22)23)19(14-15)17-11-7-4-8-12-17/h3-14H,2H2,1H3,(H,22,23). The maximum atomic E-state index is 12.0. The van der Waals surface area contributed by atoms with Gasteiger partial charge in [0.2, 0.25) is 0 Å². The number of rotatable bonds is 4. The number of carboxylic acids is 1. The highest BCUT2D eigenvalue weighted by Gasteiger charge is 2.19. The van der Waals surface area contributed by atoms with Crippen LogP contribution >= 0.6 is 0 Å². The zero-order valence-corrected chi connectivity index (χ0v) is 13.0. The highest BCUT2D eigenvalue weighted by atomic mass is 16.4. The summed E-state index contributed by atoms with van der Waals surface area (Å²) in [6, 6.07) is 23.4. The summed E-state index contributed by atoms with van der Waals surface area (Å²) in [5, 5.41) is 9.83. The Balaban J connectivity index is 2.33. The molecule has 3 rings (SSSR count). The van der Waals surface area contributed by atoms with E-state index in [9.17, 15) is 9.90 Å². The summed E-state index contributed by atoms with van der Waals surface area (Å²) < 4.78 is 0. The molecule has 2 nitrogen and oxygen atoms in total. The van der Waals surface area contributed by atoms with Gasteiger partial charge in [-0.15, -0.1) is 0 Å². The van der Waals surface area contributed by atoms with E-state index in [0.29, 0.717) is 5.56 Å². The van der Waals surface area contributed by atoms with Crippen LogP contribution in [-0.4, -0.2) is 11.1 Å². The molecule has 23 heavy (non-hydrogen) atoms. The second-order valence-corrected chi connectivity index (χ2v) is 5.46. The Hall–Kier alpha value is -2.87. The van der Waals surface area contributed by atoms with Crippen molar-refractivity contribution >= 4 is 5.97 Å². The third-order valence-corrected chi connectivity index (χ3v) is 3.99. The minimum Gasteiger partial charge on any atom is -0.478 e. The Morgan fingerprint density at radius 2 is 1.26 bits per heavy atom. The number of carboxylic acid groups (broad SMARTS) is 1. The molecular formula is C21H18O2. The van der Waals surface area contributed by atoms with Crippen LogP contribution in [0.15, 0.2) is 72.8 Å². The van der Waals surface area contributed by atoms with E-state index in [1.165, 1.54) is 0 Å². The molecule has 0 unspecified atom stereocenters. The lowest BCUT2D eigenvalue weighted by Gasteiger charge is -2.15. The molecule has 0 atom stereocenters. The Morgan fingerprint density at radius 3 is 1.61 bits per heavy atom. The van der Waals surface area contributed by atoms with Crippen molar-refractivity contribution in [2.45, 2.75) is 13.3 Å². The largest absolute Gasteiger partial charge is 0.478 e. The molecule has 0 aliphatic heterocycles. The van der Waals surface area contributed by atoms with Gasteiger partial charge in [-0.3, -0.25) is 0 Å². The van der Waals surface area contributed by atoms with Crippen LogP contribution in [0.1, 0.15) is 22.8 Å². The highest BCUT2D eigenvalue weighted by molar-refractivity contribution is 6.03. The average Bonchev–Trinajstić information content (AvgIpc) is 2.62. The first-order valence-electron chi connectivity index (χ1n) is 7.71. The molecule has 114 valence electrons. The van der Waals surface area contributed by atoms with Gasteiger partial charge in [0, 0.05) is 0 Å². The molecule has 0 spiro atoms. The molecule has 0 aromatic heterocycles. The summed E-state index contributed by atoms with van der Waals surface area (Å²) in [6.07, 6.45) is 0.861. The topological polar surface area (TPSA) is 37.3 Å². The van der Waals surface area contributed by atoms with E-state index in [4.69, 9.17) is 0 Å². The van der Waals surface area contributed by atoms with Crippen LogP contribution in [0.3, 0.4) is 0 Å². The molecule has 0 saturated heterocycles. The monoisotopic (exact) mass is 302 g/mol. The van der Waals surface area contributed by atoms with Gasteiger partial charge in [-0.1, -0.05) is 79.7 Å². The van der Waals surface area contributed by atoms with Gasteiger partial charge in [-0.2, -0.15) is 0 Å². The Labute approximate surface area is 136 Å². The molecule has 0 amide bonds. The maximum absolute atomic E-state index is 12.0. The van der Waals surface area contributed by atoms with Crippen LogP contribution < -0.4 is 0 Å². The van der Waals surface area contributed by atoms with Crippen molar-refractivity contribution in [2.24, 2.45) is 0 Å². The van der Waals surface area contributed by atoms with Crippen LogP contribution in [0.5, 0.6) is 0 Å².